The molecule has 3 N–H and O–H groups in total. The molecule has 1 amide bonds. The normalized spacial score (nSPS) is 15.6. The van der Waals surface area contributed by atoms with Gasteiger partial charge < -0.3 is 20.5 Å². The van der Waals surface area contributed by atoms with Gasteiger partial charge in [-0.25, -0.2) is 4.68 Å². The second kappa shape index (κ2) is 10.1. The molecule has 0 saturated carbocycles. The van der Waals surface area contributed by atoms with Crippen LogP contribution in [0.3, 0.4) is 0 Å². The Bertz CT molecular complexity index is 970. The van der Waals surface area contributed by atoms with E-state index in [0.717, 1.165) is 24.2 Å². The van der Waals surface area contributed by atoms with E-state index in [4.69, 9.17) is 15.2 Å². The first-order chi connectivity index (χ1) is 14.8. The van der Waals surface area contributed by atoms with Gasteiger partial charge in [0, 0.05) is 11.4 Å². The molecule has 168 valence electrons. The Morgan fingerprint density at radius 3 is 2.77 bits per heavy atom. The number of nitrogens with one attached hydrogen (secondary N) is 1. The number of nitrogens with two attached hydrogens (primary N) is 1. The number of methoxy groups -OCH3 is 1. The molecule has 9 heteroatoms. The molecule has 1 aliphatic heterocycles. The first-order valence-electron chi connectivity index (χ1n) is 10.5. The molecule has 3 rings (SSSR count). The van der Waals surface area contributed by atoms with Crippen LogP contribution in [-0.2, 0) is 4.79 Å². The lowest BCUT2D eigenvalue weighted by Crippen LogP contribution is -2.31. The van der Waals surface area contributed by atoms with Crippen LogP contribution in [0.2, 0.25) is 0 Å². The molecular formula is C22H31N5O3S. The van der Waals surface area contributed by atoms with E-state index in [0.29, 0.717) is 46.4 Å². The fraction of sp³-hybridized carbons (Fsp3) is 0.500. The largest absolute Gasteiger partial charge is 0.493 e. The van der Waals surface area contributed by atoms with Crippen LogP contribution in [0, 0.1) is 5.92 Å². The third-order valence-electron chi connectivity index (χ3n) is 4.99. The van der Waals surface area contributed by atoms with E-state index < -0.39 is 11.9 Å². The summed E-state index contributed by atoms with van der Waals surface area (Å²) < 4.78 is 13.2. The van der Waals surface area contributed by atoms with Crippen molar-refractivity contribution < 1.29 is 14.3 Å². The molecule has 1 aliphatic rings. The Kier molecular flexibility index (Phi) is 7.48. The minimum absolute atomic E-state index is 0.444. The monoisotopic (exact) mass is 445 g/mol. The van der Waals surface area contributed by atoms with Crippen molar-refractivity contribution in [3.63, 3.8) is 0 Å². The lowest BCUT2D eigenvalue weighted by Gasteiger charge is -2.28. The molecule has 8 nitrogen and oxygen atoms in total. The number of rotatable bonds is 10. The maximum Gasteiger partial charge on any atom is 0.248 e. The lowest BCUT2D eigenvalue weighted by atomic mass is 9.95. The van der Waals surface area contributed by atoms with E-state index >= 15 is 0 Å². The summed E-state index contributed by atoms with van der Waals surface area (Å²) in [6.45, 7) is 8.85. The van der Waals surface area contributed by atoms with Crippen molar-refractivity contribution in [2.75, 3.05) is 24.8 Å². The zero-order valence-corrected chi connectivity index (χ0v) is 19.6. The van der Waals surface area contributed by atoms with E-state index in [1.54, 1.807) is 23.6 Å². The van der Waals surface area contributed by atoms with Gasteiger partial charge in [-0.1, -0.05) is 38.6 Å². The summed E-state index contributed by atoms with van der Waals surface area (Å²) in [5, 5.41) is 8.48. The Labute approximate surface area is 187 Å². The highest BCUT2D eigenvalue weighted by atomic mass is 32.2. The number of amides is 1. The quantitative estimate of drug-likeness (QED) is 0.533. The van der Waals surface area contributed by atoms with Gasteiger partial charge in [-0.3, -0.25) is 4.79 Å². The topological polar surface area (TPSA) is 104 Å². The molecule has 31 heavy (non-hydrogen) atoms. The van der Waals surface area contributed by atoms with Crippen LogP contribution in [0.4, 0.5) is 5.95 Å². The van der Waals surface area contributed by atoms with E-state index in [1.165, 1.54) is 0 Å². The summed E-state index contributed by atoms with van der Waals surface area (Å²) in [5.74, 6) is 2.82. The number of primary amides is 1. The van der Waals surface area contributed by atoms with E-state index in [1.807, 2.05) is 25.1 Å². The average Bonchev–Trinajstić information content (AvgIpc) is 3.13. The van der Waals surface area contributed by atoms with Gasteiger partial charge in [0.25, 0.3) is 0 Å². The van der Waals surface area contributed by atoms with Gasteiger partial charge in [-0.05, 0) is 43.4 Å². The predicted octanol–water partition coefficient (Wildman–Crippen LogP) is 3.99. The Hall–Kier alpha value is -2.68. The average molecular weight is 446 g/mol. The fourth-order valence-electron chi connectivity index (χ4n) is 3.39. The fourth-order valence-corrected chi connectivity index (χ4v) is 4.07. The molecule has 2 heterocycles. The lowest BCUT2D eigenvalue weighted by molar-refractivity contribution is -0.115. The summed E-state index contributed by atoms with van der Waals surface area (Å²) in [7, 11) is 1.60. The molecule has 2 aromatic rings. The Morgan fingerprint density at radius 1 is 1.35 bits per heavy atom. The molecule has 0 fully saturated rings. The number of carbonyl (C=O) groups excluding carboxylic acids is 1. The highest BCUT2D eigenvalue weighted by molar-refractivity contribution is 7.99. The molecule has 0 bridgehead atoms. The molecule has 1 unspecified atom stereocenters. The number of allylic oxidation sites excluding steroid dienone is 1. The van der Waals surface area contributed by atoms with E-state index in [9.17, 15) is 4.79 Å². The standard InChI is InChI=1S/C22H31N5O3S/c1-6-11-31-22-25-21-24-14(4)18(20(23)28)19(27(21)26-22)15-7-8-16(17(12-15)29-5)30-10-9-13(2)3/h7-8,12-13,19H,6,9-11H2,1-5H3,(H2,23,28)(H,24,25,26). The van der Waals surface area contributed by atoms with Gasteiger partial charge >= 0.3 is 0 Å². The highest BCUT2D eigenvalue weighted by Crippen LogP contribution is 2.39. The molecule has 0 radical (unpaired) electrons. The van der Waals surface area contributed by atoms with Crippen LogP contribution in [0.15, 0.2) is 34.6 Å². The molecule has 1 aromatic carbocycles. The summed E-state index contributed by atoms with van der Waals surface area (Å²) in [6, 6.07) is 5.16. The number of fused-ring (bicyclic) bond motifs is 1. The smallest absolute Gasteiger partial charge is 0.248 e. The third kappa shape index (κ3) is 5.15. The molecule has 0 saturated heterocycles. The van der Waals surface area contributed by atoms with Gasteiger partial charge in [0.1, 0.15) is 6.04 Å². The molecular weight excluding hydrogens is 414 g/mol. The zero-order valence-electron chi connectivity index (χ0n) is 18.8. The molecule has 1 atom stereocenters. The minimum atomic E-state index is -0.505. The number of benzene rings is 1. The number of thioether (sulfide) groups is 1. The predicted molar refractivity (Wildman–Crippen MR) is 123 cm³/mol. The van der Waals surface area contributed by atoms with E-state index in [-0.39, 0.29) is 0 Å². The van der Waals surface area contributed by atoms with Crippen molar-refractivity contribution in [1.82, 2.24) is 14.8 Å². The Morgan fingerprint density at radius 2 is 2.13 bits per heavy atom. The van der Waals surface area contributed by atoms with Crippen molar-refractivity contribution in [3.05, 3.63) is 35.0 Å². The van der Waals surface area contributed by atoms with Gasteiger partial charge in [0.05, 0.1) is 19.3 Å². The third-order valence-corrected chi connectivity index (χ3v) is 6.03. The second-order valence-corrected chi connectivity index (χ2v) is 8.94. The van der Waals surface area contributed by atoms with Gasteiger partial charge in [0.2, 0.25) is 17.0 Å². The maximum atomic E-state index is 12.4. The number of aromatic nitrogens is 3. The molecule has 1 aromatic heterocycles. The number of nitrogens with zero attached hydrogens (tertiary/aromatic N) is 3. The van der Waals surface area contributed by atoms with Crippen LogP contribution < -0.4 is 20.5 Å². The van der Waals surface area contributed by atoms with Crippen molar-refractivity contribution in [3.8, 4) is 11.5 Å². The summed E-state index contributed by atoms with van der Waals surface area (Å²) in [5.41, 5.74) is 7.70. The maximum absolute atomic E-state index is 12.4. The zero-order chi connectivity index (χ0) is 22.5. The van der Waals surface area contributed by atoms with Gasteiger partial charge in [0.15, 0.2) is 11.5 Å². The van der Waals surface area contributed by atoms with Crippen LogP contribution in [0.1, 0.15) is 52.1 Å². The van der Waals surface area contributed by atoms with Gasteiger partial charge in [-0.2, -0.15) is 4.98 Å². The molecule has 0 spiro atoms. The number of anilines is 1. The van der Waals surface area contributed by atoms with Crippen molar-refractivity contribution in [2.45, 2.75) is 51.7 Å². The summed E-state index contributed by atoms with van der Waals surface area (Å²) in [6.07, 6.45) is 1.97. The minimum Gasteiger partial charge on any atom is -0.493 e. The van der Waals surface area contributed by atoms with Crippen LogP contribution >= 0.6 is 11.8 Å². The van der Waals surface area contributed by atoms with Gasteiger partial charge in [-0.15, -0.1) is 5.10 Å². The van der Waals surface area contributed by atoms with Crippen LogP contribution in [-0.4, -0.2) is 40.1 Å². The highest BCUT2D eigenvalue weighted by Gasteiger charge is 2.33. The Balaban J connectivity index is 2.00. The first-order valence-corrected chi connectivity index (χ1v) is 11.5. The number of hydrogen-bond acceptors (Lipinski definition) is 7. The first kappa shape index (κ1) is 23.0. The number of ether oxygens (including phenoxy) is 2. The van der Waals surface area contributed by atoms with Crippen molar-refractivity contribution in [1.29, 1.82) is 0 Å². The summed E-state index contributed by atoms with van der Waals surface area (Å²) in [4.78, 5) is 17.0. The van der Waals surface area contributed by atoms with Crippen LogP contribution in [0.25, 0.3) is 0 Å². The SMILES string of the molecule is CCCSc1nc2n(n1)C(c1ccc(OCCC(C)C)c(OC)c1)C(C(N)=O)=C(C)N2. The van der Waals surface area contributed by atoms with Crippen LogP contribution in [0.5, 0.6) is 11.5 Å². The van der Waals surface area contributed by atoms with Crippen molar-refractivity contribution in [2.24, 2.45) is 11.7 Å². The number of carbonyl (C=O) groups is 1. The number of hydrogen-bond donors (Lipinski definition) is 2. The summed E-state index contributed by atoms with van der Waals surface area (Å²) >= 11 is 1.58. The molecule has 0 aliphatic carbocycles. The van der Waals surface area contributed by atoms with Crippen molar-refractivity contribution >= 4 is 23.6 Å². The second-order valence-electron chi connectivity index (χ2n) is 7.88. The van der Waals surface area contributed by atoms with E-state index in [2.05, 4.69) is 36.2 Å².